The standard InChI is InChI=1S/C26H27ClN6O4/c1-2-36-26(35)33-10-9-18-19-13-16(27)5-8-21(19)30-22(18)23(33)15-3-6-17(7-4-15)37-12-11-32-14-20(25(29)34)24(28)31-32/h3-8,13-14,23,30H,2,9-12H2,1H3,(H2,28,31)(H2,29,34). The van der Waals surface area contributed by atoms with E-state index in [0.717, 1.165) is 27.7 Å². The van der Waals surface area contributed by atoms with Crippen LogP contribution in [-0.4, -0.2) is 51.4 Å². The van der Waals surface area contributed by atoms with E-state index in [2.05, 4.69) is 10.1 Å². The molecular weight excluding hydrogens is 496 g/mol. The topological polar surface area (TPSA) is 141 Å². The van der Waals surface area contributed by atoms with Gasteiger partial charge in [0.15, 0.2) is 5.82 Å². The van der Waals surface area contributed by atoms with Crippen molar-refractivity contribution >= 4 is 40.3 Å². The number of nitrogen functional groups attached to an aromatic ring is 1. The second kappa shape index (κ2) is 10.1. The largest absolute Gasteiger partial charge is 0.492 e. The molecule has 2 aromatic carbocycles. The van der Waals surface area contributed by atoms with Gasteiger partial charge in [-0.15, -0.1) is 0 Å². The lowest BCUT2D eigenvalue weighted by Gasteiger charge is -2.35. The lowest BCUT2D eigenvalue weighted by atomic mass is 9.92. The Labute approximate surface area is 218 Å². The van der Waals surface area contributed by atoms with Crippen molar-refractivity contribution < 1.29 is 19.1 Å². The fraction of sp³-hybridized carbons (Fsp3) is 0.269. The van der Waals surface area contributed by atoms with Crippen molar-refractivity contribution in [1.29, 1.82) is 0 Å². The molecule has 0 fully saturated rings. The number of hydrogen-bond acceptors (Lipinski definition) is 6. The maximum atomic E-state index is 12.9. The van der Waals surface area contributed by atoms with Gasteiger partial charge in [0.2, 0.25) is 0 Å². The van der Waals surface area contributed by atoms with Gasteiger partial charge in [-0.1, -0.05) is 23.7 Å². The second-order valence-electron chi connectivity index (χ2n) is 8.72. The Morgan fingerprint density at radius 1 is 1.22 bits per heavy atom. The number of ether oxygens (including phenoxy) is 2. The van der Waals surface area contributed by atoms with Crippen molar-refractivity contribution in [1.82, 2.24) is 19.7 Å². The highest BCUT2D eigenvalue weighted by Crippen LogP contribution is 2.39. The summed E-state index contributed by atoms with van der Waals surface area (Å²) < 4.78 is 12.7. The minimum atomic E-state index is -0.624. The number of aromatic amines is 1. The van der Waals surface area contributed by atoms with Crippen LogP contribution in [0.2, 0.25) is 5.02 Å². The van der Waals surface area contributed by atoms with Crippen molar-refractivity contribution in [2.24, 2.45) is 5.73 Å². The number of benzene rings is 2. The molecule has 0 radical (unpaired) electrons. The molecule has 1 aliphatic rings. The summed E-state index contributed by atoms with van der Waals surface area (Å²) in [4.78, 5) is 29.5. The number of aromatic nitrogens is 3. The first-order chi connectivity index (χ1) is 17.9. The summed E-state index contributed by atoms with van der Waals surface area (Å²) in [5.41, 5.74) is 15.2. The fourth-order valence-corrected chi connectivity index (χ4v) is 4.93. The smallest absolute Gasteiger partial charge is 0.410 e. The number of nitrogens with two attached hydrogens (primary N) is 2. The van der Waals surface area contributed by atoms with Crippen LogP contribution in [0, 0.1) is 0 Å². The third kappa shape index (κ3) is 4.79. The summed E-state index contributed by atoms with van der Waals surface area (Å²) in [6.07, 6.45) is 1.84. The second-order valence-corrected chi connectivity index (χ2v) is 9.16. The SMILES string of the molecule is CCOC(=O)N1CCc2c([nH]c3ccc(Cl)cc23)C1c1ccc(OCCn2cc(C(N)=O)c(N)n2)cc1. The van der Waals surface area contributed by atoms with Crippen molar-refractivity contribution in [2.45, 2.75) is 25.9 Å². The molecule has 11 heteroatoms. The van der Waals surface area contributed by atoms with Gasteiger partial charge in [0.25, 0.3) is 5.91 Å². The Hall–Kier alpha value is -4.18. The monoisotopic (exact) mass is 522 g/mol. The number of fused-ring (bicyclic) bond motifs is 3. The molecule has 0 saturated heterocycles. The van der Waals surface area contributed by atoms with E-state index in [4.69, 9.17) is 32.5 Å². The third-order valence-corrected chi connectivity index (χ3v) is 6.67. The van der Waals surface area contributed by atoms with Gasteiger partial charge in [-0.2, -0.15) is 5.10 Å². The Balaban J connectivity index is 1.37. The molecule has 1 aliphatic heterocycles. The number of amides is 2. The molecule has 5 N–H and O–H groups in total. The zero-order valence-electron chi connectivity index (χ0n) is 20.2. The van der Waals surface area contributed by atoms with E-state index in [9.17, 15) is 9.59 Å². The van der Waals surface area contributed by atoms with E-state index in [1.807, 2.05) is 42.5 Å². The highest BCUT2D eigenvalue weighted by molar-refractivity contribution is 6.31. The van der Waals surface area contributed by atoms with E-state index in [1.54, 1.807) is 11.8 Å². The van der Waals surface area contributed by atoms with Crippen LogP contribution in [0.3, 0.4) is 0 Å². The minimum absolute atomic E-state index is 0.0918. The minimum Gasteiger partial charge on any atom is -0.492 e. The summed E-state index contributed by atoms with van der Waals surface area (Å²) in [5.74, 6) is 0.122. The molecule has 1 unspecified atom stereocenters. The first-order valence-electron chi connectivity index (χ1n) is 11.9. The molecule has 10 nitrogen and oxygen atoms in total. The van der Waals surface area contributed by atoms with E-state index in [0.29, 0.717) is 43.5 Å². The van der Waals surface area contributed by atoms with E-state index < -0.39 is 5.91 Å². The summed E-state index contributed by atoms with van der Waals surface area (Å²) in [6.45, 7) is 3.32. The molecule has 2 amide bonds. The number of hydrogen-bond donors (Lipinski definition) is 3. The molecule has 0 aliphatic carbocycles. The average molecular weight is 523 g/mol. The van der Waals surface area contributed by atoms with Crippen LogP contribution >= 0.6 is 11.6 Å². The lowest BCUT2D eigenvalue weighted by molar-refractivity contribution is 0.0931. The summed E-state index contributed by atoms with van der Waals surface area (Å²) in [7, 11) is 0. The normalized spacial score (nSPS) is 15.0. The molecule has 3 heterocycles. The van der Waals surface area contributed by atoms with Crippen LogP contribution in [-0.2, 0) is 17.7 Å². The fourth-order valence-electron chi connectivity index (χ4n) is 4.75. The quantitative estimate of drug-likeness (QED) is 0.336. The molecule has 37 heavy (non-hydrogen) atoms. The maximum absolute atomic E-state index is 12.9. The van der Waals surface area contributed by atoms with Crippen LogP contribution in [0.5, 0.6) is 5.75 Å². The number of anilines is 1. The van der Waals surface area contributed by atoms with Gasteiger partial charge in [-0.05, 0) is 54.8 Å². The zero-order valence-corrected chi connectivity index (χ0v) is 21.0. The van der Waals surface area contributed by atoms with Crippen molar-refractivity contribution in [3.05, 3.63) is 76.1 Å². The van der Waals surface area contributed by atoms with E-state index in [-0.39, 0.29) is 23.5 Å². The van der Waals surface area contributed by atoms with Crippen LogP contribution < -0.4 is 16.2 Å². The molecule has 0 saturated carbocycles. The van der Waals surface area contributed by atoms with Crippen LogP contribution in [0.4, 0.5) is 10.6 Å². The van der Waals surface area contributed by atoms with E-state index in [1.165, 1.54) is 10.9 Å². The first kappa shape index (κ1) is 24.5. The summed E-state index contributed by atoms with van der Waals surface area (Å²) >= 11 is 6.27. The molecule has 4 aromatic rings. The molecule has 0 bridgehead atoms. The number of carbonyl (C=O) groups excluding carboxylic acids is 2. The number of H-pyrrole nitrogens is 1. The third-order valence-electron chi connectivity index (χ3n) is 6.43. The van der Waals surface area contributed by atoms with E-state index >= 15 is 0 Å². The molecule has 1 atom stereocenters. The number of rotatable bonds is 7. The predicted octanol–water partition coefficient (Wildman–Crippen LogP) is 3.88. The Kier molecular flexibility index (Phi) is 6.66. The molecule has 2 aromatic heterocycles. The Bertz CT molecular complexity index is 1460. The highest BCUT2D eigenvalue weighted by atomic mass is 35.5. The highest BCUT2D eigenvalue weighted by Gasteiger charge is 2.35. The predicted molar refractivity (Wildman–Crippen MR) is 140 cm³/mol. The molecule has 192 valence electrons. The van der Waals surface area contributed by atoms with Gasteiger partial charge in [-0.3, -0.25) is 14.4 Å². The van der Waals surface area contributed by atoms with Gasteiger partial charge in [0, 0.05) is 34.4 Å². The van der Waals surface area contributed by atoms with Crippen molar-refractivity contribution in [2.75, 3.05) is 25.5 Å². The van der Waals surface area contributed by atoms with Crippen molar-refractivity contribution in [3.63, 3.8) is 0 Å². The number of carbonyl (C=O) groups is 2. The van der Waals surface area contributed by atoms with Gasteiger partial charge in [0.1, 0.15) is 24.0 Å². The maximum Gasteiger partial charge on any atom is 0.410 e. The van der Waals surface area contributed by atoms with Crippen LogP contribution in [0.1, 0.15) is 40.1 Å². The Morgan fingerprint density at radius 3 is 2.70 bits per heavy atom. The summed E-state index contributed by atoms with van der Waals surface area (Å²) in [5, 5.41) is 5.81. The molecule has 0 spiro atoms. The molecular formula is C26H27ClN6O4. The lowest BCUT2D eigenvalue weighted by Crippen LogP contribution is -2.40. The Morgan fingerprint density at radius 2 is 2.00 bits per heavy atom. The zero-order chi connectivity index (χ0) is 26.1. The van der Waals surface area contributed by atoms with Gasteiger partial charge >= 0.3 is 6.09 Å². The number of nitrogens with one attached hydrogen (secondary N) is 1. The number of halogens is 1. The van der Waals surface area contributed by atoms with Crippen LogP contribution in [0.25, 0.3) is 10.9 Å². The number of nitrogens with zero attached hydrogens (tertiary/aromatic N) is 3. The average Bonchev–Trinajstić information content (AvgIpc) is 3.44. The van der Waals surface area contributed by atoms with Crippen molar-refractivity contribution in [3.8, 4) is 5.75 Å². The van der Waals surface area contributed by atoms with Gasteiger partial charge in [-0.25, -0.2) is 4.79 Å². The molecule has 5 rings (SSSR count). The van der Waals surface area contributed by atoms with Crippen LogP contribution in [0.15, 0.2) is 48.7 Å². The van der Waals surface area contributed by atoms with Gasteiger partial charge in [0.05, 0.1) is 13.2 Å². The first-order valence-corrected chi connectivity index (χ1v) is 12.3. The number of primary amides is 1. The summed E-state index contributed by atoms with van der Waals surface area (Å²) in [6, 6.07) is 13.0. The van der Waals surface area contributed by atoms with Gasteiger partial charge < -0.3 is 25.9 Å².